The van der Waals surface area contributed by atoms with Crippen LogP contribution in [0.4, 0.5) is 15.8 Å². The largest absolute Gasteiger partial charge is 0.441 e. The number of amides is 4. The summed E-state index contributed by atoms with van der Waals surface area (Å²) in [6.45, 7) is 4.65. The molecular weight excluding hydrogens is 942 g/mol. The lowest BCUT2D eigenvalue weighted by Gasteiger charge is -2.26. The van der Waals surface area contributed by atoms with Gasteiger partial charge in [-0.25, -0.2) is 4.39 Å². The summed E-state index contributed by atoms with van der Waals surface area (Å²) in [6, 6.07) is 29.3. The number of aliphatic hydroxyl groups is 1. The standard InChI is InChI=1S/C27H27Cl2N3O2.C26H25ClFN3O4/c1-2-3-14-32-26(33)23-9-6-15-31(23)24-21(20-7-4-5-8-22(20)29)17-30(25(24)27(32)34)16-18-10-12-19(28)13-11-18;27-18-9-7-17(8-10-18)16-31-23(35-20-5-1-4-19(28)14-20)15-22-24(31)26(34)30(12-3-13-32)25(33)21-6-2-11-29(21)22/h4-5,7-8,10-13,17,23H,2-3,6,9,14-16H2,1H3;1,4-5,7-10,14-15,21,32H,2-3,6,11-13,16H2. The van der Waals surface area contributed by atoms with Crippen molar-refractivity contribution in [2.24, 2.45) is 0 Å². The van der Waals surface area contributed by atoms with E-state index in [-0.39, 0.29) is 43.5 Å². The van der Waals surface area contributed by atoms with E-state index in [1.54, 1.807) is 34.9 Å². The SMILES string of the molecule is CCCCN1C(=O)c2c(c(-c3ccccc3Cl)cn2Cc2ccc(Cl)cc2)N2CCCC2C1=O.O=C1c2c(cc(Oc3cccc(F)c3)n2Cc2ccc(Cl)cc2)N2CCCC2C(=O)N1CCCO. The van der Waals surface area contributed by atoms with Crippen LogP contribution in [0, 0.1) is 5.82 Å². The van der Waals surface area contributed by atoms with Crippen LogP contribution in [0.25, 0.3) is 11.1 Å². The Balaban J connectivity index is 0.000000172. The van der Waals surface area contributed by atoms with Gasteiger partial charge in [0, 0.05) is 83.9 Å². The van der Waals surface area contributed by atoms with Gasteiger partial charge in [-0.05, 0) is 92.1 Å². The molecule has 16 heteroatoms. The first-order valence-electron chi connectivity index (χ1n) is 23.4. The first-order chi connectivity index (χ1) is 33.4. The molecule has 0 radical (unpaired) electrons. The predicted molar refractivity (Wildman–Crippen MR) is 266 cm³/mol. The maximum absolute atomic E-state index is 14.0. The predicted octanol–water partition coefficient (Wildman–Crippen LogP) is 10.7. The maximum atomic E-state index is 14.0. The van der Waals surface area contributed by atoms with Gasteiger partial charge < -0.3 is 28.8 Å². The number of benzene rings is 4. The lowest BCUT2D eigenvalue weighted by atomic mass is 10.1. The van der Waals surface area contributed by atoms with Gasteiger partial charge in [0.15, 0.2) is 0 Å². The Kier molecular flexibility index (Phi) is 14.5. The van der Waals surface area contributed by atoms with Gasteiger partial charge in [0.1, 0.15) is 35.0 Å². The second kappa shape index (κ2) is 20.9. The van der Waals surface area contributed by atoms with E-state index in [4.69, 9.17) is 39.5 Å². The molecule has 6 aromatic rings. The fourth-order valence-electron chi connectivity index (χ4n) is 9.86. The van der Waals surface area contributed by atoms with Gasteiger partial charge in [-0.15, -0.1) is 0 Å². The zero-order valence-corrected chi connectivity index (χ0v) is 40.4. The van der Waals surface area contributed by atoms with Crippen LogP contribution in [-0.2, 0) is 22.7 Å². The number of ether oxygens (including phenoxy) is 1. The van der Waals surface area contributed by atoms with E-state index in [2.05, 4.69) is 11.8 Å². The molecule has 4 aliphatic heterocycles. The lowest BCUT2D eigenvalue weighted by molar-refractivity contribution is -0.130. The summed E-state index contributed by atoms with van der Waals surface area (Å²) in [5, 5.41) is 11.2. The van der Waals surface area contributed by atoms with Gasteiger partial charge in [-0.1, -0.05) is 96.7 Å². The van der Waals surface area contributed by atoms with Gasteiger partial charge in [-0.2, -0.15) is 0 Å². The van der Waals surface area contributed by atoms with Crippen molar-refractivity contribution in [1.82, 2.24) is 18.9 Å². The van der Waals surface area contributed by atoms with Crippen LogP contribution in [0.2, 0.25) is 15.1 Å². The molecule has 0 aliphatic carbocycles. The average Bonchev–Trinajstić information content (AvgIpc) is 4.15. The third-order valence-corrected chi connectivity index (χ3v) is 14.0. The zero-order valence-electron chi connectivity index (χ0n) is 38.1. The number of carbonyl (C=O) groups is 4. The third-order valence-electron chi connectivity index (χ3n) is 13.2. The second-order valence-electron chi connectivity index (χ2n) is 17.7. The number of halogens is 4. The normalized spacial score (nSPS) is 17.5. The highest BCUT2D eigenvalue weighted by atomic mass is 35.5. The van der Waals surface area contributed by atoms with Crippen LogP contribution in [0.3, 0.4) is 0 Å². The molecule has 12 nitrogen and oxygen atoms in total. The summed E-state index contributed by atoms with van der Waals surface area (Å²) in [5.41, 5.74) is 5.98. The quantitative estimate of drug-likeness (QED) is 0.114. The van der Waals surface area contributed by atoms with Crippen molar-refractivity contribution in [2.75, 3.05) is 42.6 Å². The number of imide groups is 2. The molecule has 6 heterocycles. The van der Waals surface area contributed by atoms with Crippen molar-refractivity contribution < 1.29 is 33.4 Å². The molecule has 1 N–H and O–H groups in total. The summed E-state index contributed by atoms with van der Waals surface area (Å²) < 4.78 is 23.7. The molecular formula is C53H52Cl3FN6O6. The molecule has 2 saturated heterocycles. The van der Waals surface area contributed by atoms with Gasteiger partial charge in [0.25, 0.3) is 23.6 Å². The van der Waals surface area contributed by atoms with E-state index in [1.165, 1.54) is 21.9 Å². The van der Waals surface area contributed by atoms with Gasteiger partial charge in [0.2, 0.25) is 5.88 Å². The molecule has 2 fully saturated rings. The van der Waals surface area contributed by atoms with Crippen molar-refractivity contribution in [3.63, 3.8) is 0 Å². The van der Waals surface area contributed by atoms with Crippen LogP contribution in [0.15, 0.2) is 109 Å². The molecule has 0 bridgehead atoms. The molecule has 0 saturated carbocycles. The van der Waals surface area contributed by atoms with E-state index in [0.29, 0.717) is 76.2 Å². The molecule has 2 unspecified atom stereocenters. The summed E-state index contributed by atoms with van der Waals surface area (Å²) in [4.78, 5) is 61.5. The van der Waals surface area contributed by atoms with E-state index in [1.807, 2.05) is 76.3 Å². The highest BCUT2D eigenvalue weighted by Gasteiger charge is 2.46. The molecule has 0 spiro atoms. The molecule has 4 aromatic carbocycles. The highest BCUT2D eigenvalue weighted by molar-refractivity contribution is 6.33. The zero-order chi connectivity index (χ0) is 48.3. The topological polar surface area (TPSA) is 121 Å². The minimum atomic E-state index is -0.452. The van der Waals surface area contributed by atoms with Crippen LogP contribution in [0.5, 0.6) is 11.6 Å². The fourth-order valence-corrected chi connectivity index (χ4v) is 10.3. The molecule has 358 valence electrons. The van der Waals surface area contributed by atoms with E-state index >= 15 is 0 Å². The Bertz CT molecular complexity index is 2890. The van der Waals surface area contributed by atoms with E-state index in [0.717, 1.165) is 66.6 Å². The summed E-state index contributed by atoms with van der Waals surface area (Å²) in [5.74, 6) is -0.764. The number of rotatable bonds is 13. The van der Waals surface area contributed by atoms with Crippen molar-refractivity contribution in [3.05, 3.63) is 153 Å². The number of carbonyl (C=O) groups excluding carboxylic acids is 4. The molecule has 69 heavy (non-hydrogen) atoms. The Hall–Kier alpha value is -6.12. The number of anilines is 2. The third kappa shape index (κ3) is 9.75. The summed E-state index contributed by atoms with van der Waals surface area (Å²) >= 11 is 18.8. The number of nitrogens with zero attached hydrogens (tertiary/aromatic N) is 6. The van der Waals surface area contributed by atoms with E-state index in [9.17, 15) is 28.7 Å². The van der Waals surface area contributed by atoms with Gasteiger partial charge >= 0.3 is 0 Å². The van der Waals surface area contributed by atoms with Crippen LogP contribution in [-0.4, -0.2) is 92.5 Å². The molecule has 2 atom stereocenters. The number of aliphatic hydroxyl groups excluding tert-OH is 1. The number of hydrogen-bond acceptors (Lipinski definition) is 8. The molecule has 10 rings (SSSR count). The number of unbranched alkanes of at least 4 members (excludes halogenated alkanes) is 1. The minimum absolute atomic E-state index is 0.0877. The fraction of sp³-hybridized carbons (Fsp3) is 0.321. The second-order valence-corrected chi connectivity index (χ2v) is 19.0. The van der Waals surface area contributed by atoms with Crippen molar-refractivity contribution in [2.45, 2.75) is 77.0 Å². The number of fused-ring (bicyclic) bond motifs is 6. The van der Waals surface area contributed by atoms with E-state index < -0.39 is 17.8 Å². The van der Waals surface area contributed by atoms with Crippen molar-refractivity contribution >= 4 is 69.8 Å². The van der Waals surface area contributed by atoms with Crippen LogP contribution < -0.4 is 14.5 Å². The molecule has 4 amide bonds. The Morgan fingerprint density at radius 3 is 1.93 bits per heavy atom. The Morgan fingerprint density at radius 2 is 1.29 bits per heavy atom. The van der Waals surface area contributed by atoms with Crippen molar-refractivity contribution in [3.8, 4) is 22.8 Å². The summed E-state index contributed by atoms with van der Waals surface area (Å²) in [7, 11) is 0. The first kappa shape index (κ1) is 47.9. The van der Waals surface area contributed by atoms with Crippen LogP contribution >= 0.6 is 34.8 Å². The first-order valence-corrected chi connectivity index (χ1v) is 24.6. The smallest absolute Gasteiger partial charge is 0.279 e. The highest BCUT2D eigenvalue weighted by Crippen LogP contribution is 2.45. The van der Waals surface area contributed by atoms with Gasteiger partial charge in [0.05, 0.1) is 17.9 Å². The minimum Gasteiger partial charge on any atom is -0.441 e. The van der Waals surface area contributed by atoms with Crippen LogP contribution in [0.1, 0.15) is 84.0 Å². The van der Waals surface area contributed by atoms with Gasteiger partial charge in [-0.3, -0.25) is 29.0 Å². The maximum Gasteiger partial charge on any atom is 0.279 e. The van der Waals surface area contributed by atoms with Crippen molar-refractivity contribution in [1.29, 1.82) is 0 Å². The monoisotopic (exact) mass is 992 g/mol. The molecule has 2 aromatic heterocycles. The lowest BCUT2D eigenvalue weighted by Crippen LogP contribution is -2.46. The number of aromatic nitrogens is 2. The summed E-state index contributed by atoms with van der Waals surface area (Å²) in [6.07, 6.45) is 7.13. The molecule has 4 aliphatic rings. The Labute approximate surface area is 415 Å². The Morgan fingerprint density at radius 1 is 0.681 bits per heavy atom. The number of hydrogen-bond donors (Lipinski definition) is 1. The average molecular weight is 994 g/mol.